The maximum Gasteiger partial charge on any atom is 0.323 e. The molecule has 2 N–H and O–H groups in total. The molecule has 0 fully saturated rings. The normalized spacial score (nSPS) is 11.2. The molecule has 0 radical (unpaired) electrons. The molecule has 1 heterocycles. The molecule has 0 aliphatic rings. The van der Waals surface area contributed by atoms with E-state index in [1.54, 1.807) is 16.8 Å². The third kappa shape index (κ3) is 8.38. The summed E-state index contributed by atoms with van der Waals surface area (Å²) in [6.45, 7) is 1.04. The van der Waals surface area contributed by atoms with Crippen LogP contribution in [-0.2, 0) is 22.6 Å². The molecule has 0 atom stereocenters. The zero-order chi connectivity index (χ0) is 28.3. The molecule has 40 heavy (non-hydrogen) atoms. The molecule has 8 heteroatoms. The molecular formula is C32H32ClNO6. The first-order chi connectivity index (χ1) is 19.4. The van der Waals surface area contributed by atoms with E-state index in [-0.39, 0.29) is 13.0 Å². The lowest BCUT2D eigenvalue weighted by Crippen LogP contribution is -2.08. The van der Waals surface area contributed by atoms with Crippen molar-refractivity contribution >= 4 is 46.6 Å². The second kappa shape index (κ2) is 14.2. The fourth-order valence-electron chi connectivity index (χ4n) is 4.50. The van der Waals surface area contributed by atoms with E-state index in [2.05, 4.69) is 0 Å². The van der Waals surface area contributed by atoms with Crippen molar-refractivity contribution in [2.24, 2.45) is 0 Å². The highest BCUT2D eigenvalue weighted by atomic mass is 35.5. The quantitative estimate of drug-likeness (QED) is 0.118. The van der Waals surface area contributed by atoms with Crippen LogP contribution in [0.4, 0.5) is 0 Å². The van der Waals surface area contributed by atoms with E-state index in [1.165, 1.54) is 0 Å². The molecule has 0 aliphatic carbocycles. The number of halogens is 1. The fourth-order valence-corrected chi connectivity index (χ4v) is 4.72. The zero-order valence-electron chi connectivity index (χ0n) is 22.1. The number of ether oxygens (including phenoxy) is 2. The van der Waals surface area contributed by atoms with Crippen LogP contribution >= 0.6 is 11.6 Å². The van der Waals surface area contributed by atoms with Crippen LogP contribution in [0.25, 0.3) is 23.1 Å². The van der Waals surface area contributed by atoms with Crippen LogP contribution in [0.2, 0.25) is 5.02 Å². The van der Waals surface area contributed by atoms with Crippen LogP contribution in [0.1, 0.15) is 42.4 Å². The number of aromatic nitrogens is 1. The van der Waals surface area contributed by atoms with Gasteiger partial charge in [-0.2, -0.15) is 0 Å². The van der Waals surface area contributed by atoms with E-state index in [0.29, 0.717) is 31.1 Å². The van der Waals surface area contributed by atoms with Crippen LogP contribution in [-0.4, -0.2) is 39.9 Å². The Bertz CT molecular complexity index is 1460. The van der Waals surface area contributed by atoms with Crippen molar-refractivity contribution in [3.63, 3.8) is 0 Å². The molecule has 0 aliphatic heterocycles. The Morgan fingerprint density at radius 3 is 2.15 bits per heavy atom. The number of aryl methyl sites for hydroxylation is 1. The Morgan fingerprint density at radius 2 is 1.50 bits per heavy atom. The van der Waals surface area contributed by atoms with Crippen molar-refractivity contribution in [2.75, 3.05) is 13.2 Å². The van der Waals surface area contributed by atoms with Crippen molar-refractivity contribution in [2.45, 2.75) is 38.6 Å². The summed E-state index contributed by atoms with van der Waals surface area (Å²) in [5.41, 5.74) is 3.37. The largest absolute Gasteiger partial charge is 0.494 e. The first-order valence-electron chi connectivity index (χ1n) is 13.2. The molecule has 0 amide bonds. The zero-order valence-corrected chi connectivity index (χ0v) is 22.8. The molecule has 208 valence electrons. The number of carboxylic acid groups (broad SMARTS) is 2. The number of unbranched alkanes of at least 4 members (excludes halogenated alkanes) is 1. The molecule has 0 saturated carbocycles. The first-order valence-corrected chi connectivity index (χ1v) is 13.6. The van der Waals surface area contributed by atoms with Gasteiger partial charge in [-0.3, -0.25) is 9.59 Å². The maximum absolute atomic E-state index is 11.5. The molecule has 7 nitrogen and oxygen atoms in total. The van der Waals surface area contributed by atoms with Gasteiger partial charge in [-0.15, -0.1) is 0 Å². The van der Waals surface area contributed by atoms with Gasteiger partial charge in [-0.1, -0.05) is 54.1 Å². The summed E-state index contributed by atoms with van der Waals surface area (Å²) < 4.78 is 13.2. The third-order valence-electron chi connectivity index (χ3n) is 6.35. The lowest BCUT2D eigenvalue weighted by Gasteiger charge is -2.08. The average Bonchev–Trinajstić information content (AvgIpc) is 3.26. The summed E-state index contributed by atoms with van der Waals surface area (Å²) in [5, 5.41) is 19.8. The van der Waals surface area contributed by atoms with Crippen LogP contribution in [0.3, 0.4) is 0 Å². The minimum absolute atomic E-state index is 0.0430. The number of carboxylic acids is 2. The smallest absolute Gasteiger partial charge is 0.323 e. The van der Waals surface area contributed by atoms with Crippen molar-refractivity contribution in [1.29, 1.82) is 0 Å². The summed E-state index contributed by atoms with van der Waals surface area (Å²) in [6, 6.07) is 21.1. The number of fused-ring (bicyclic) bond motifs is 1. The summed E-state index contributed by atoms with van der Waals surface area (Å²) in [7, 11) is 0. The predicted molar refractivity (Wildman–Crippen MR) is 157 cm³/mol. The van der Waals surface area contributed by atoms with Gasteiger partial charge in [0.25, 0.3) is 0 Å². The second-order valence-corrected chi connectivity index (χ2v) is 9.87. The van der Waals surface area contributed by atoms with Crippen molar-refractivity contribution in [1.82, 2.24) is 4.57 Å². The van der Waals surface area contributed by atoms with Gasteiger partial charge >= 0.3 is 11.9 Å². The van der Waals surface area contributed by atoms with E-state index >= 15 is 0 Å². The van der Waals surface area contributed by atoms with Gasteiger partial charge in [0.1, 0.15) is 18.0 Å². The molecule has 4 aromatic rings. The summed E-state index contributed by atoms with van der Waals surface area (Å²) >= 11 is 6.43. The highest BCUT2D eigenvalue weighted by Gasteiger charge is 2.15. The van der Waals surface area contributed by atoms with Gasteiger partial charge in [0, 0.05) is 28.6 Å². The Morgan fingerprint density at radius 1 is 0.825 bits per heavy atom. The number of para-hydroxylation sites is 1. The molecule has 4 rings (SSSR count). The SMILES string of the molecule is O=C(O)CCCc1cn(CC(=O)O)c2c(C=Cc3ccc(OCCCCOc4ccccc4)cc3)cc(Cl)cc12. The van der Waals surface area contributed by atoms with Crippen molar-refractivity contribution in [3.8, 4) is 11.5 Å². The van der Waals surface area contributed by atoms with E-state index in [9.17, 15) is 14.7 Å². The monoisotopic (exact) mass is 561 g/mol. The predicted octanol–water partition coefficient (Wildman–Crippen LogP) is 7.20. The van der Waals surface area contributed by atoms with E-state index in [4.69, 9.17) is 26.2 Å². The molecule has 3 aromatic carbocycles. The van der Waals surface area contributed by atoms with Crippen LogP contribution in [0.5, 0.6) is 11.5 Å². The third-order valence-corrected chi connectivity index (χ3v) is 6.56. The number of hydrogen-bond donors (Lipinski definition) is 2. The number of aliphatic carboxylic acids is 2. The Hall–Kier alpha value is -4.23. The van der Waals surface area contributed by atoms with Crippen LogP contribution < -0.4 is 9.47 Å². The minimum Gasteiger partial charge on any atom is -0.494 e. The minimum atomic E-state index is -0.960. The lowest BCUT2D eigenvalue weighted by atomic mass is 10.0. The van der Waals surface area contributed by atoms with Gasteiger partial charge in [-0.25, -0.2) is 0 Å². The summed E-state index contributed by atoms with van der Waals surface area (Å²) in [6.07, 6.45) is 8.43. The van der Waals surface area contributed by atoms with E-state index in [1.807, 2.05) is 72.8 Å². The number of carbonyl (C=O) groups is 2. The standard InChI is InChI=1S/C32H32ClNO6/c33-26-19-24(32-29(20-26)25(7-6-10-30(35)36)21-34(32)22-31(37)38)14-11-23-12-15-28(16-13-23)40-18-5-4-17-39-27-8-2-1-3-9-27/h1-3,8-9,11-16,19-21H,4-7,10,17-18,22H2,(H,35,36)(H,37,38). The van der Waals surface area contributed by atoms with E-state index < -0.39 is 11.9 Å². The summed E-state index contributed by atoms with van der Waals surface area (Å²) in [5.74, 6) is -0.164. The van der Waals surface area contributed by atoms with Gasteiger partial charge in [0.05, 0.1) is 18.7 Å². The Labute approximate surface area is 238 Å². The molecule has 0 unspecified atom stereocenters. The number of benzene rings is 3. The Balaban J connectivity index is 1.39. The average molecular weight is 562 g/mol. The fraction of sp³-hybridized carbons (Fsp3) is 0.250. The molecule has 0 saturated heterocycles. The van der Waals surface area contributed by atoms with Gasteiger partial charge < -0.3 is 24.3 Å². The van der Waals surface area contributed by atoms with Gasteiger partial charge in [0.15, 0.2) is 0 Å². The van der Waals surface area contributed by atoms with Crippen LogP contribution in [0.15, 0.2) is 72.9 Å². The molecule has 0 spiro atoms. The highest BCUT2D eigenvalue weighted by molar-refractivity contribution is 6.31. The van der Waals surface area contributed by atoms with Crippen molar-refractivity contribution < 1.29 is 29.3 Å². The number of nitrogens with zero attached hydrogens (tertiary/aromatic N) is 1. The second-order valence-electron chi connectivity index (χ2n) is 9.43. The van der Waals surface area contributed by atoms with Gasteiger partial charge in [0.2, 0.25) is 0 Å². The number of hydrogen-bond acceptors (Lipinski definition) is 4. The topological polar surface area (TPSA) is 98.0 Å². The van der Waals surface area contributed by atoms with Crippen molar-refractivity contribution in [3.05, 3.63) is 94.6 Å². The van der Waals surface area contributed by atoms with Gasteiger partial charge in [-0.05, 0) is 73.2 Å². The molecular weight excluding hydrogens is 530 g/mol. The molecule has 1 aromatic heterocycles. The molecule has 0 bridgehead atoms. The van der Waals surface area contributed by atoms with Crippen LogP contribution in [0, 0.1) is 0 Å². The summed E-state index contributed by atoms with van der Waals surface area (Å²) in [4.78, 5) is 22.5. The highest BCUT2D eigenvalue weighted by Crippen LogP contribution is 2.31. The maximum atomic E-state index is 11.5. The lowest BCUT2D eigenvalue weighted by molar-refractivity contribution is -0.138. The Kier molecular flexibility index (Phi) is 10.2. The van der Waals surface area contributed by atoms with E-state index in [0.717, 1.165) is 51.9 Å². The first kappa shape index (κ1) is 28.8. The number of rotatable bonds is 15.